The standard InChI is InChI=1S/C23H23ClN6O5/c1-12-11-23(3,4)27-18-10-19(26-13(2)31)20(9-15(12)18)28-29-21-16(22(32)35-6-5-25)7-14(30(33)34)8-17(21)24/h7-10,12,27H,6,11H2,1-4H3,(H,26,31)/b29-28+. The molecule has 1 amide bonds. The molecule has 0 aliphatic carbocycles. The molecule has 12 heteroatoms. The number of esters is 1. The van der Waals surface area contributed by atoms with E-state index in [1.165, 1.54) is 6.92 Å². The van der Waals surface area contributed by atoms with Gasteiger partial charge in [0.05, 0.1) is 21.2 Å². The third-order valence-electron chi connectivity index (χ3n) is 5.30. The molecule has 3 rings (SSSR count). The first-order valence-corrected chi connectivity index (χ1v) is 11.0. The summed E-state index contributed by atoms with van der Waals surface area (Å²) >= 11 is 6.21. The van der Waals surface area contributed by atoms with Crippen LogP contribution >= 0.6 is 11.6 Å². The van der Waals surface area contributed by atoms with Crippen LogP contribution in [0.2, 0.25) is 5.02 Å². The first kappa shape index (κ1) is 25.6. The van der Waals surface area contributed by atoms with Crippen LogP contribution in [0.5, 0.6) is 0 Å². The van der Waals surface area contributed by atoms with Crippen molar-refractivity contribution in [3.8, 4) is 6.07 Å². The number of benzene rings is 2. The highest BCUT2D eigenvalue weighted by atomic mass is 35.5. The smallest absolute Gasteiger partial charge is 0.341 e. The van der Waals surface area contributed by atoms with Crippen molar-refractivity contribution in [2.75, 3.05) is 17.2 Å². The lowest BCUT2D eigenvalue weighted by Crippen LogP contribution is -2.36. The van der Waals surface area contributed by atoms with Crippen LogP contribution in [0.25, 0.3) is 0 Å². The van der Waals surface area contributed by atoms with Crippen molar-refractivity contribution in [3.63, 3.8) is 0 Å². The summed E-state index contributed by atoms with van der Waals surface area (Å²) in [7, 11) is 0. The molecule has 182 valence electrons. The van der Waals surface area contributed by atoms with Crippen LogP contribution < -0.4 is 10.6 Å². The molecule has 1 heterocycles. The molecular weight excluding hydrogens is 476 g/mol. The van der Waals surface area contributed by atoms with Crippen molar-refractivity contribution in [1.29, 1.82) is 5.26 Å². The predicted octanol–water partition coefficient (Wildman–Crippen LogP) is 6.00. The van der Waals surface area contributed by atoms with Gasteiger partial charge < -0.3 is 15.4 Å². The zero-order chi connectivity index (χ0) is 25.9. The minimum Gasteiger partial charge on any atom is -0.447 e. The fourth-order valence-corrected chi connectivity index (χ4v) is 4.26. The number of amides is 1. The molecule has 1 unspecified atom stereocenters. The third-order valence-corrected chi connectivity index (χ3v) is 5.59. The molecule has 0 fully saturated rings. The second kappa shape index (κ2) is 10.1. The van der Waals surface area contributed by atoms with Crippen molar-refractivity contribution < 1.29 is 19.2 Å². The number of anilines is 2. The Labute approximate surface area is 206 Å². The van der Waals surface area contributed by atoms with Gasteiger partial charge in [-0.3, -0.25) is 14.9 Å². The zero-order valence-corrected chi connectivity index (χ0v) is 20.3. The van der Waals surface area contributed by atoms with Crippen molar-refractivity contribution in [1.82, 2.24) is 0 Å². The monoisotopic (exact) mass is 498 g/mol. The van der Waals surface area contributed by atoms with Gasteiger partial charge in [0.1, 0.15) is 17.4 Å². The number of azo groups is 1. The maximum atomic E-state index is 12.4. The number of rotatable bonds is 6. The van der Waals surface area contributed by atoms with E-state index in [0.29, 0.717) is 11.4 Å². The van der Waals surface area contributed by atoms with Gasteiger partial charge in [-0.2, -0.15) is 5.26 Å². The quantitative estimate of drug-likeness (QED) is 0.214. The molecule has 1 aliphatic rings. The number of nitro groups is 1. The molecule has 0 aromatic heterocycles. The van der Waals surface area contributed by atoms with Gasteiger partial charge in [-0.05, 0) is 43.9 Å². The first-order valence-electron chi connectivity index (χ1n) is 10.6. The van der Waals surface area contributed by atoms with Gasteiger partial charge in [-0.15, -0.1) is 10.2 Å². The summed E-state index contributed by atoms with van der Waals surface area (Å²) in [5.41, 5.74) is 1.42. The molecule has 2 aromatic rings. The summed E-state index contributed by atoms with van der Waals surface area (Å²) in [5, 5.41) is 34.2. The lowest BCUT2D eigenvalue weighted by molar-refractivity contribution is -0.384. The highest BCUT2D eigenvalue weighted by Gasteiger charge is 2.30. The molecule has 1 aliphatic heterocycles. The molecule has 11 nitrogen and oxygen atoms in total. The Morgan fingerprint density at radius 2 is 2.06 bits per heavy atom. The largest absolute Gasteiger partial charge is 0.447 e. The van der Waals surface area contributed by atoms with Gasteiger partial charge in [0.2, 0.25) is 5.91 Å². The lowest BCUT2D eigenvalue weighted by Gasteiger charge is -2.38. The Hall–Kier alpha value is -4.04. The van der Waals surface area contributed by atoms with Crippen LogP contribution in [0.3, 0.4) is 0 Å². The molecule has 0 spiro atoms. The number of ether oxygens (including phenoxy) is 1. The maximum Gasteiger partial charge on any atom is 0.341 e. The zero-order valence-electron chi connectivity index (χ0n) is 19.5. The van der Waals surface area contributed by atoms with E-state index >= 15 is 0 Å². The molecular formula is C23H23ClN6O5. The predicted molar refractivity (Wildman–Crippen MR) is 130 cm³/mol. The number of carbonyl (C=O) groups is 2. The highest BCUT2D eigenvalue weighted by molar-refractivity contribution is 6.34. The number of fused-ring (bicyclic) bond motifs is 1. The number of nitriles is 1. The Balaban J connectivity index is 2.13. The van der Waals surface area contributed by atoms with E-state index in [0.717, 1.165) is 29.8 Å². The number of hydrogen-bond acceptors (Lipinski definition) is 9. The lowest BCUT2D eigenvalue weighted by atomic mass is 9.81. The van der Waals surface area contributed by atoms with Crippen LogP contribution in [0.4, 0.5) is 28.4 Å². The Morgan fingerprint density at radius 1 is 1.34 bits per heavy atom. The van der Waals surface area contributed by atoms with Crippen LogP contribution in [0, 0.1) is 21.4 Å². The Bertz CT molecular complexity index is 1280. The van der Waals surface area contributed by atoms with E-state index in [1.807, 2.05) is 0 Å². The van der Waals surface area contributed by atoms with Crippen molar-refractivity contribution in [3.05, 3.63) is 50.5 Å². The average molecular weight is 499 g/mol. The number of non-ortho nitro benzene ring substituents is 1. The van der Waals surface area contributed by atoms with Crippen molar-refractivity contribution >= 4 is 51.9 Å². The maximum absolute atomic E-state index is 12.4. The number of nitro benzene ring substituents is 1. The van der Waals surface area contributed by atoms with Crippen LogP contribution in [-0.4, -0.2) is 28.9 Å². The number of nitrogens with zero attached hydrogens (tertiary/aromatic N) is 4. The summed E-state index contributed by atoms with van der Waals surface area (Å²) in [5.74, 6) is -1.15. The summed E-state index contributed by atoms with van der Waals surface area (Å²) in [4.78, 5) is 34.8. The van der Waals surface area contributed by atoms with Gasteiger partial charge >= 0.3 is 5.97 Å². The van der Waals surface area contributed by atoms with Crippen LogP contribution in [0.15, 0.2) is 34.5 Å². The summed E-state index contributed by atoms with van der Waals surface area (Å²) in [6.07, 6.45) is 0.860. The van der Waals surface area contributed by atoms with Crippen molar-refractivity contribution in [2.24, 2.45) is 10.2 Å². The topological polar surface area (TPSA) is 159 Å². The van der Waals surface area contributed by atoms with E-state index in [-0.39, 0.29) is 33.6 Å². The second-order valence-electron chi connectivity index (χ2n) is 8.77. The third kappa shape index (κ3) is 5.91. The number of carbonyl (C=O) groups excluding carboxylic acids is 2. The van der Waals surface area contributed by atoms with E-state index in [9.17, 15) is 19.7 Å². The molecule has 2 N–H and O–H groups in total. The number of halogens is 1. The van der Waals surface area contributed by atoms with E-state index in [2.05, 4.69) is 41.6 Å². The minimum absolute atomic E-state index is 0.145. The van der Waals surface area contributed by atoms with E-state index in [1.54, 1.807) is 18.2 Å². The summed E-state index contributed by atoms with van der Waals surface area (Å²) in [6.45, 7) is 7.05. The highest BCUT2D eigenvalue weighted by Crippen LogP contribution is 2.44. The molecule has 35 heavy (non-hydrogen) atoms. The second-order valence-corrected chi connectivity index (χ2v) is 9.17. The van der Waals surface area contributed by atoms with Gasteiger partial charge in [-0.25, -0.2) is 4.79 Å². The Kier molecular flexibility index (Phi) is 7.36. The molecule has 0 saturated heterocycles. The minimum atomic E-state index is -1.02. The van der Waals surface area contributed by atoms with Gasteiger partial charge in [0, 0.05) is 30.3 Å². The van der Waals surface area contributed by atoms with Gasteiger partial charge in [-0.1, -0.05) is 18.5 Å². The van der Waals surface area contributed by atoms with Crippen LogP contribution in [0.1, 0.15) is 56.0 Å². The van der Waals surface area contributed by atoms with E-state index in [4.69, 9.17) is 21.6 Å². The fraction of sp³-hybridized carbons (Fsp3) is 0.348. The van der Waals surface area contributed by atoms with Crippen LogP contribution in [-0.2, 0) is 9.53 Å². The fourth-order valence-electron chi connectivity index (χ4n) is 4.01. The Morgan fingerprint density at radius 3 is 2.69 bits per heavy atom. The first-order chi connectivity index (χ1) is 16.4. The summed E-state index contributed by atoms with van der Waals surface area (Å²) < 4.78 is 4.80. The van der Waals surface area contributed by atoms with Crippen molar-refractivity contribution in [2.45, 2.75) is 45.6 Å². The molecule has 0 saturated carbocycles. The van der Waals surface area contributed by atoms with E-state index < -0.39 is 23.2 Å². The normalized spacial score (nSPS) is 16.1. The SMILES string of the molecule is CC(=O)Nc1cc2c(cc1/N=N/c1c(Cl)cc([N+](=O)[O-])cc1C(=O)OCC#N)C(C)CC(C)(C)N2. The molecule has 0 radical (unpaired) electrons. The molecule has 0 bridgehead atoms. The summed E-state index contributed by atoms with van der Waals surface area (Å²) in [6, 6.07) is 7.19. The molecule has 2 aromatic carbocycles. The number of hydrogen-bond donors (Lipinski definition) is 2. The molecule has 1 atom stereocenters. The van der Waals surface area contributed by atoms with Gasteiger partial charge in [0.15, 0.2) is 6.61 Å². The number of nitrogens with one attached hydrogen (secondary N) is 2. The van der Waals surface area contributed by atoms with Gasteiger partial charge in [0.25, 0.3) is 5.69 Å². The average Bonchev–Trinajstić information content (AvgIpc) is 2.75.